The van der Waals surface area contributed by atoms with Crippen LogP contribution in [-0.2, 0) is 14.3 Å². The highest BCUT2D eigenvalue weighted by Gasteiger charge is 2.38. The number of ether oxygens (including phenoxy) is 2. The number of aromatic nitrogens is 1. The molecule has 3 aliphatic rings. The van der Waals surface area contributed by atoms with Gasteiger partial charge in [-0.3, -0.25) is 9.69 Å². The monoisotopic (exact) mass is 616 g/mol. The molecule has 1 saturated heterocycles. The van der Waals surface area contributed by atoms with E-state index in [-0.39, 0.29) is 18.3 Å². The summed E-state index contributed by atoms with van der Waals surface area (Å²) in [5.74, 6) is 1.17. The minimum Gasteiger partial charge on any atom is -0.462 e. The van der Waals surface area contributed by atoms with Crippen molar-refractivity contribution in [1.82, 2.24) is 20.1 Å². The Bertz CT molecular complexity index is 1040. The van der Waals surface area contributed by atoms with E-state index >= 15 is 0 Å². The van der Waals surface area contributed by atoms with Crippen molar-refractivity contribution >= 4 is 29.7 Å². The lowest BCUT2D eigenvalue weighted by molar-refractivity contribution is -0.135. The molecule has 10 heteroatoms. The van der Waals surface area contributed by atoms with Crippen LogP contribution in [0.15, 0.2) is 23.4 Å². The molecule has 3 fully saturated rings. The van der Waals surface area contributed by atoms with Gasteiger partial charge in [0.25, 0.3) is 0 Å². The van der Waals surface area contributed by atoms with E-state index in [1.165, 1.54) is 76.0 Å². The van der Waals surface area contributed by atoms with Crippen LogP contribution in [0.1, 0.15) is 102 Å². The first-order valence-electron chi connectivity index (χ1n) is 16.4. The molecule has 4 rings (SSSR count). The number of piperazine rings is 1. The summed E-state index contributed by atoms with van der Waals surface area (Å²) in [5.41, 5.74) is -0.343. The molecule has 1 atom stereocenters. The molecule has 0 radical (unpaired) electrons. The number of rotatable bonds is 10. The van der Waals surface area contributed by atoms with Gasteiger partial charge in [-0.1, -0.05) is 38.5 Å². The van der Waals surface area contributed by atoms with Crippen LogP contribution in [0.4, 0.5) is 4.79 Å². The molecule has 1 aliphatic heterocycles. The standard InChI is InChI=1S/C33H52N4O5S/c1-5-41-31(39)26-17-12-18-34-29(26)43-23-27(35-32(40)42-33(2,3)4)30(38)37-21-19-36(20-22-37)28(24-13-8-6-9-14-24)25-15-10-7-11-16-25/h12,17-18,24-25,27-28H,5-11,13-16,19-23H2,1-4H3,(H,35,40)/t27-/m0/s1. The third-order valence-electron chi connectivity index (χ3n) is 8.96. The zero-order valence-corrected chi connectivity index (χ0v) is 27.5. The number of nitrogens with one attached hydrogen (secondary N) is 1. The number of hydrogen-bond donors (Lipinski definition) is 1. The average molecular weight is 617 g/mol. The molecule has 240 valence electrons. The van der Waals surface area contributed by atoms with Gasteiger partial charge >= 0.3 is 12.1 Å². The first kappa shape index (κ1) is 33.6. The highest BCUT2D eigenvalue weighted by atomic mass is 32.2. The van der Waals surface area contributed by atoms with Crippen LogP contribution in [0.25, 0.3) is 0 Å². The fraction of sp³-hybridized carbons (Fsp3) is 0.758. The summed E-state index contributed by atoms with van der Waals surface area (Å²) < 4.78 is 10.7. The van der Waals surface area contributed by atoms with Crippen LogP contribution in [0.5, 0.6) is 0 Å². The predicted octanol–water partition coefficient (Wildman–Crippen LogP) is 5.92. The van der Waals surface area contributed by atoms with Gasteiger partial charge in [-0.05, 0) is 77.3 Å². The lowest BCUT2D eigenvalue weighted by Crippen LogP contribution is -2.59. The second kappa shape index (κ2) is 16.1. The molecule has 1 aromatic heterocycles. The van der Waals surface area contributed by atoms with E-state index in [4.69, 9.17) is 9.47 Å². The zero-order valence-electron chi connectivity index (χ0n) is 26.6. The van der Waals surface area contributed by atoms with Gasteiger partial charge in [0.2, 0.25) is 5.91 Å². The molecule has 2 aliphatic carbocycles. The molecular formula is C33H52N4O5S. The number of carbonyl (C=O) groups excluding carboxylic acids is 3. The average Bonchev–Trinajstić information content (AvgIpc) is 3.00. The summed E-state index contributed by atoms with van der Waals surface area (Å²) in [6.07, 6.45) is 14.4. The van der Waals surface area contributed by atoms with Gasteiger partial charge in [-0.2, -0.15) is 0 Å². The Morgan fingerprint density at radius 3 is 2.14 bits per heavy atom. The zero-order chi connectivity index (χ0) is 30.8. The number of alkyl carbamates (subject to hydrolysis) is 1. The highest BCUT2D eigenvalue weighted by Crippen LogP contribution is 2.39. The van der Waals surface area contributed by atoms with E-state index in [9.17, 15) is 14.4 Å². The third-order valence-corrected chi connectivity index (χ3v) is 10.1. The Labute approximate surface area is 262 Å². The van der Waals surface area contributed by atoms with Crippen molar-refractivity contribution in [1.29, 1.82) is 0 Å². The topological polar surface area (TPSA) is 101 Å². The molecular weight excluding hydrogens is 564 g/mol. The molecule has 2 heterocycles. The van der Waals surface area contributed by atoms with Gasteiger partial charge in [0.05, 0.1) is 12.2 Å². The Kier molecular flexibility index (Phi) is 12.6. The Morgan fingerprint density at radius 1 is 0.977 bits per heavy atom. The van der Waals surface area contributed by atoms with Crippen molar-refractivity contribution in [3.63, 3.8) is 0 Å². The largest absolute Gasteiger partial charge is 0.462 e. The van der Waals surface area contributed by atoms with Gasteiger partial charge in [-0.15, -0.1) is 11.8 Å². The van der Waals surface area contributed by atoms with E-state index in [0.717, 1.165) is 24.9 Å². The normalized spacial score (nSPS) is 20.1. The van der Waals surface area contributed by atoms with Crippen LogP contribution in [0.2, 0.25) is 0 Å². The number of pyridine rings is 1. The van der Waals surface area contributed by atoms with Crippen LogP contribution in [0.3, 0.4) is 0 Å². The fourth-order valence-corrected chi connectivity index (χ4v) is 8.04. The second-order valence-corrected chi connectivity index (χ2v) is 14.2. The number of carbonyl (C=O) groups is 3. The number of hydrogen-bond acceptors (Lipinski definition) is 8. The van der Waals surface area contributed by atoms with Crippen LogP contribution in [-0.4, -0.2) is 89.0 Å². The van der Waals surface area contributed by atoms with E-state index in [1.807, 2.05) is 4.90 Å². The lowest BCUT2D eigenvalue weighted by atomic mass is 9.73. The summed E-state index contributed by atoms with van der Waals surface area (Å²) in [6.45, 7) is 10.4. The maximum atomic E-state index is 13.9. The molecule has 1 aromatic rings. The molecule has 2 saturated carbocycles. The van der Waals surface area contributed by atoms with Crippen molar-refractivity contribution in [2.75, 3.05) is 38.5 Å². The van der Waals surface area contributed by atoms with Crippen molar-refractivity contribution in [2.45, 2.75) is 115 Å². The van der Waals surface area contributed by atoms with Crippen molar-refractivity contribution in [3.05, 3.63) is 23.9 Å². The van der Waals surface area contributed by atoms with E-state index < -0.39 is 23.7 Å². The maximum absolute atomic E-state index is 13.9. The quantitative estimate of drug-likeness (QED) is 0.256. The van der Waals surface area contributed by atoms with Crippen molar-refractivity contribution < 1.29 is 23.9 Å². The van der Waals surface area contributed by atoms with E-state index in [2.05, 4.69) is 15.2 Å². The molecule has 1 N–H and O–H groups in total. The minimum atomic E-state index is -0.823. The summed E-state index contributed by atoms with van der Waals surface area (Å²) in [5, 5.41) is 3.29. The van der Waals surface area contributed by atoms with E-state index in [0.29, 0.717) is 29.7 Å². The summed E-state index contributed by atoms with van der Waals surface area (Å²) in [6, 6.07) is 3.15. The smallest absolute Gasteiger partial charge is 0.408 e. The Hall–Kier alpha value is -2.33. The van der Waals surface area contributed by atoms with Crippen molar-refractivity contribution in [2.24, 2.45) is 11.8 Å². The second-order valence-electron chi connectivity index (χ2n) is 13.2. The maximum Gasteiger partial charge on any atom is 0.408 e. The van der Waals surface area contributed by atoms with Crippen molar-refractivity contribution in [3.8, 4) is 0 Å². The summed E-state index contributed by atoms with van der Waals surface area (Å²) in [4.78, 5) is 48.2. The third kappa shape index (κ3) is 9.83. The van der Waals surface area contributed by atoms with Crippen LogP contribution >= 0.6 is 11.8 Å². The van der Waals surface area contributed by atoms with Gasteiger partial charge in [-0.25, -0.2) is 14.6 Å². The molecule has 2 amide bonds. The SMILES string of the molecule is CCOC(=O)c1cccnc1SC[C@H](NC(=O)OC(C)(C)C)C(=O)N1CCN(C(C2CCCCC2)C2CCCCC2)CC1. The van der Waals surface area contributed by atoms with Gasteiger partial charge < -0.3 is 19.7 Å². The summed E-state index contributed by atoms with van der Waals surface area (Å²) in [7, 11) is 0. The first-order chi connectivity index (χ1) is 20.7. The van der Waals surface area contributed by atoms with Crippen LogP contribution in [0, 0.1) is 11.8 Å². The molecule has 0 bridgehead atoms. The molecule has 43 heavy (non-hydrogen) atoms. The number of nitrogens with zero attached hydrogens (tertiary/aromatic N) is 3. The Balaban J connectivity index is 1.44. The van der Waals surface area contributed by atoms with Gasteiger partial charge in [0, 0.05) is 44.2 Å². The van der Waals surface area contributed by atoms with Gasteiger partial charge in [0.1, 0.15) is 16.7 Å². The van der Waals surface area contributed by atoms with Gasteiger partial charge in [0.15, 0.2) is 0 Å². The number of esters is 1. The predicted molar refractivity (Wildman–Crippen MR) is 169 cm³/mol. The van der Waals surface area contributed by atoms with Crippen LogP contribution < -0.4 is 5.32 Å². The molecule has 0 aromatic carbocycles. The summed E-state index contributed by atoms with van der Waals surface area (Å²) >= 11 is 1.26. The number of amides is 2. The lowest BCUT2D eigenvalue weighted by Gasteiger charge is -2.48. The molecule has 0 spiro atoms. The number of thioether (sulfide) groups is 1. The Morgan fingerprint density at radius 2 is 1.58 bits per heavy atom. The highest BCUT2D eigenvalue weighted by molar-refractivity contribution is 7.99. The molecule has 0 unspecified atom stereocenters. The minimum absolute atomic E-state index is 0.126. The fourth-order valence-electron chi connectivity index (χ4n) is 7.05. The van der Waals surface area contributed by atoms with E-state index in [1.54, 1.807) is 46.0 Å². The first-order valence-corrected chi connectivity index (χ1v) is 17.4. The molecule has 9 nitrogen and oxygen atoms in total.